The normalized spacial score (nSPS) is 16.4. The second kappa shape index (κ2) is 10.4. The lowest BCUT2D eigenvalue weighted by atomic mass is 9.97. The maximum absolute atomic E-state index is 14.7. The number of pyridine rings is 1. The van der Waals surface area contributed by atoms with Crippen LogP contribution in [-0.2, 0) is 0 Å². The van der Waals surface area contributed by atoms with Crippen molar-refractivity contribution >= 4 is 30.2 Å². The summed E-state index contributed by atoms with van der Waals surface area (Å²) >= 11 is 0. The molecule has 0 saturated carbocycles. The molecular weight excluding hydrogens is 464 g/mol. The molecule has 1 aromatic heterocycles. The number of rotatable bonds is 4. The molecule has 0 unspecified atom stereocenters. The van der Waals surface area contributed by atoms with Crippen molar-refractivity contribution in [3.63, 3.8) is 0 Å². The second-order valence-corrected chi connectivity index (χ2v) is 8.61. The fourth-order valence-corrected chi connectivity index (χ4v) is 4.14. The molecule has 3 rings (SSSR count). The van der Waals surface area contributed by atoms with Crippen LogP contribution in [0.3, 0.4) is 0 Å². The zero-order chi connectivity index (χ0) is 25.9. The average Bonchev–Trinajstić information content (AvgIpc) is 3.23. The van der Waals surface area contributed by atoms with Gasteiger partial charge in [0.1, 0.15) is 11.6 Å². The molecule has 11 heteroatoms. The van der Waals surface area contributed by atoms with E-state index in [-0.39, 0.29) is 25.2 Å². The molecule has 7 nitrogen and oxygen atoms in total. The number of amides is 2. The highest BCUT2D eigenvalue weighted by Gasteiger charge is 2.36. The summed E-state index contributed by atoms with van der Waals surface area (Å²) in [6.45, 7) is 9.01. The van der Waals surface area contributed by atoms with E-state index in [0.717, 1.165) is 11.1 Å². The number of benzene rings is 1. The topological polar surface area (TPSA) is 82.0 Å². The third-order valence-corrected chi connectivity index (χ3v) is 5.93. The van der Waals surface area contributed by atoms with Gasteiger partial charge in [-0.25, -0.2) is 19.2 Å². The molecule has 1 atom stereocenters. The highest BCUT2D eigenvalue weighted by molar-refractivity contribution is 5.96. The monoisotopic (exact) mass is 492 g/mol. The van der Waals surface area contributed by atoms with Crippen molar-refractivity contribution < 1.29 is 22.4 Å². The number of likely N-dealkylation sites (tertiary alicyclic amines) is 1. The molecule has 0 aliphatic carbocycles. The number of carbonyl (C=O) groups is 1. The zero-order valence-electron chi connectivity index (χ0n) is 20.1. The molecule has 0 radical (unpaired) electrons. The lowest BCUT2D eigenvalue weighted by Crippen LogP contribution is -2.33. The van der Waals surface area contributed by atoms with E-state index in [9.17, 15) is 22.4 Å². The number of hydrogen-bond donors (Lipinski definition) is 2. The van der Waals surface area contributed by atoms with Crippen molar-refractivity contribution in [3.05, 3.63) is 40.8 Å². The molecular formula is C24H28F4N6O. The minimum absolute atomic E-state index is 0.0228. The quantitative estimate of drug-likeness (QED) is 0.326. The minimum atomic E-state index is -4.28. The van der Waals surface area contributed by atoms with Gasteiger partial charge in [-0.3, -0.25) is 4.99 Å². The summed E-state index contributed by atoms with van der Waals surface area (Å²) < 4.78 is 52.7. The van der Waals surface area contributed by atoms with Gasteiger partial charge in [0.25, 0.3) is 0 Å². The number of urea groups is 1. The Labute approximate surface area is 201 Å². The van der Waals surface area contributed by atoms with Crippen LogP contribution in [0, 0.1) is 32.5 Å². The van der Waals surface area contributed by atoms with Gasteiger partial charge in [-0.1, -0.05) is 0 Å². The van der Waals surface area contributed by atoms with Gasteiger partial charge in [-0.15, -0.1) is 0 Å². The minimum Gasteiger partial charge on any atom is -0.324 e. The van der Waals surface area contributed by atoms with Crippen LogP contribution in [0.2, 0.25) is 0 Å². The standard InChI is InChI=1S/C24H28F4N6O/c1-13-9-19(25)20(32-23(35)34-7-6-16(12-34)11-24(26,27)28)10-17(13)18-8-14(2)21(31-15(18)3)33-22(29-4)30-5/h8-10,16H,4,6-7,11-12H2,1-3,5H3,(H,32,35)(H,30,31,33)/t16-/m1/s1. The number of halogens is 4. The Morgan fingerprint density at radius 2 is 1.89 bits per heavy atom. The number of aromatic nitrogens is 1. The molecule has 1 saturated heterocycles. The number of aliphatic imine (C=N–C) groups is 2. The Bertz CT molecular complexity index is 1160. The molecule has 0 bridgehead atoms. The van der Waals surface area contributed by atoms with E-state index in [1.54, 1.807) is 20.9 Å². The van der Waals surface area contributed by atoms with Crippen LogP contribution in [-0.4, -0.2) is 54.9 Å². The molecule has 1 fully saturated rings. The first kappa shape index (κ1) is 26.1. The summed E-state index contributed by atoms with van der Waals surface area (Å²) in [5.41, 5.74) is 3.44. The summed E-state index contributed by atoms with van der Waals surface area (Å²) in [5, 5.41) is 5.52. The smallest absolute Gasteiger partial charge is 0.324 e. The number of carbonyl (C=O) groups excluding carboxylic acids is 1. The number of guanidine groups is 1. The van der Waals surface area contributed by atoms with E-state index in [0.29, 0.717) is 28.6 Å². The van der Waals surface area contributed by atoms with Crippen LogP contribution in [0.4, 0.5) is 33.9 Å². The second-order valence-electron chi connectivity index (χ2n) is 8.61. The number of nitrogens with one attached hydrogen (secondary N) is 2. The molecule has 0 spiro atoms. The van der Waals surface area contributed by atoms with E-state index in [1.165, 1.54) is 17.0 Å². The fourth-order valence-electron chi connectivity index (χ4n) is 4.14. The number of alkyl halides is 3. The summed E-state index contributed by atoms with van der Waals surface area (Å²) in [7, 11) is 1.57. The summed E-state index contributed by atoms with van der Waals surface area (Å²) in [6.07, 6.45) is -4.97. The van der Waals surface area contributed by atoms with Crippen molar-refractivity contribution in [3.8, 4) is 11.1 Å². The Kier molecular flexibility index (Phi) is 7.76. The first-order valence-electron chi connectivity index (χ1n) is 11.0. The highest BCUT2D eigenvalue weighted by Crippen LogP contribution is 2.34. The SMILES string of the molecule is C=NC(=NC)Nc1nc(C)c(-c2cc(NC(=O)N3CC[C@H](CC(F)(F)F)C3)c(F)cc2C)cc1C. The van der Waals surface area contributed by atoms with Gasteiger partial charge in [0.05, 0.1) is 5.69 Å². The van der Waals surface area contributed by atoms with E-state index in [1.807, 2.05) is 13.0 Å². The van der Waals surface area contributed by atoms with Gasteiger partial charge >= 0.3 is 12.2 Å². The number of anilines is 2. The molecule has 2 N–H and O–H groups in total. The molecule has 1 aliphatic rings. The van der Waals surface area contributed by atoms with Crippen LogP contribution < -0.4 is 10.6 Å². The lowest BCUT2D eigenvalue weighted by Gasteiger charge is -2.20. The van der Waals surface area contributed by atoms with E-state index < -0.39 is 30.4 Å². The van der Waals surface area contributed by atoms with Crippen LogP contribution in [0.25, 0.3) is 11.1 Å². The summed E-state index contributed by atoms with van der Waals surface area (Å²) in [4.78, 5) is 26.3. The van der Waals surface area contributed by atoms with Crippen LogP contribution in [0.15, 0.2) is 28.2 Å². The summed E-state index contributed by atoms with van der Waals surface area (Å²) in [5.74, 6) is -0.422. The average molecular weight is 493 g/mol. The van der Waals surface area contributed by atoms with Crippen molar-refractivity contribution in [2.24, 2.45) is 15.9 Å². The Morgan fingerprint density at radius 1 is 1.17 bits per heavy atom. The molecule has 2 amide bonds. The summed E-state index contributed by atoms with van der Waals surface area (Å²) in [6, 6.07) is 4.09. The molecule has 2 aromatic rings. The largest absolute Gasteiger partial charge is 0.389 e. The van der Waals surface area contributed by atoms with Crippen molar-refractivity contribution in [1.29, 1.82) is 0 Å². The van der Waals surface area contributed by atoms with Crippen LogP contribution in [0.5, 0.6) is 0 Å². The number of aryl methyl sites for hydroxylation is 3. The Hall–Kier alpha value is -3.50. The Morgan fingerprint density at radius 3 is 2.51 bits per heavy atom. The maximum Gasteiger partial charge on any atom is 0.389 e. The highest BCUT2D eigenvalue weighted by atomic mass is 19.4. The molecule has 1 aromatic carbocycles. The van der Waals surface area contributed by atoms with Gasteiger partial charge in [0.2, 0.25) is 5.96 Å². The van der Waals surface area contributed by atoms with Crippen molar-refractivity contribution in [2.75, 3.05) is 30.8 Å². The molecule has 1 aliphatic heterocycles. The van der Waals surface area contributed by atoms with Crippen LogP contribution >= 0.6 is 0 Å². The fraction of sp³-hybridized carbons (Fsp3) is 0.417. The lowest BCUT2D eigenvalue weighted by molar-refractivity contribution is -0.143. The number of hydrogen-bond acceptors (Lipinski definition) is 3. The zero-order valence-corrected chi connectivity index (χ0v) is 20.1. The third kappa shape index (κ3) is 6.34. The van der Waals surface area contributed by atoms with Crippen molar-refractivity contribution in [1.82, 2.24) is 9.88 Å². The Balaban J connectivity index is 1.84. The van der Waals surface area contributed by atoms with Gasteiger partial charge in [0, 0.05) is 37.8 Å². The van der Waals surface area contributed by atoms with Crippen LogP contribution in [0.1, 0.15) is 29.7 Å². The molecule has 2 heterocycles. The molecule has 35 heavy (non-hydrogen) atoms. The van der Waals surface area contributed by atoms with Gasteiger partial charge in [-0.2, -0.15) is 13.2 Å². The van der Waals surface area contributed by atoms with Gasteiger partial charge in [0.15, 0.2) is 0 Å². The van der Waals surface area contributed by atoms with Gasteiger partial charge in [-0.05, 0) is 74.7 Å². The maximum atomic E-state index is 14.7. The predicted octanol–water partition coefficient (Wildman–Crippen LogP) is 5.72. The van der Waals surface area contributed by atoms with Crippen molar-refractivity contribution in [2.45, 2.75) is 39.8 Å². The van der Waals surface area contributed by atoms with E-state index in [4.69, 9.17) is 0 Å². The number of nitrogens with zero attached hydrogens (tertiary/aromatic N) is 4. The first-order chi connectivity index (χ1) is 16.4. The van der Waals surface area contributed by atoms with E-state index in [2.05, 4.69) is 32.3 Å². The molecule has 188 valence electrons. The predicted molar refractivity (Wildman–Crippen MR) is 130 cm³/mol. The van der Waals surface area contributed by atoms with E-state index >= 15 is 0 Å². The van der Waals surface area contributed by atoms with Gasteiger partial charge < -0.3 is 15.5 Å². The first-order valence-corrected chi connectivity index (χ1v) is 11.0. The third-order valence-electron chi connectivity index (χ3n) is 5.93.